The Balaban J connectivity index is 0.897. The number of aliphatic hydroxyl groups excluding tert-OH is 8. The van der Waals surface area contributed by atoms with Crippen molar-refractivity contribution in [2.75, 3.05) is 13.2 Å². The van der Waals surface area contributed by atoms with Gasteiger partial charge in [-0.3, -0.25) is 0 Å². The summed E-state index contributed by atoms with van der Waals surface area (Å²) in [7, 11) is 0. The minimum Gasteiger partial charge on any atom is -0.394 e. The molecular formula is C45H74O16. The van der Waals surface area contributed by atoms with Crippen LogP contribution in [0.1, 0.15) is 106 Å². The number of rotatable bonds is 7. The fraction of sp³-hybridized carbons (Fsp3) is 1.00. The largest absolute Gasteiger partial charge is 0.394 e. The molecule has 9 aliphatic rings. The Labute approximate surface area is 359 Å². The zero-order chi connectivity index (χ0) is 43.5. The molecule has 4 saturated carbocycles. The quantitative estimate of drug-likeness (QED) is 0.169. The van der Waals surface area contributed by atoms with E-state index in [2.05, 4.69) is 27.7 Å². The zero-order valence-electron chi connectivity index (χ0n) is 36.7. The van der Waals surface area contributed by atoms with Gasteiger partial charge in [-0.15, -0.1) is 0 Å². The van der Waals surface area contributed by atoms with E-state index in [0.717, 1.165) is 58.0 Å². The minimum absolute atomic E-state index is 0.122. The lowest BCUT2D eigenvalue weighted by Crippen LogP contribution is -2.66. The molecule has 61 heavy (non-hydrogen) atoms. The van der Waals surface area contributed by atoms with E-state index in [1.165, 1.54) is 26.7 Å². The first-order valence-electron chi connectivity index (χ1n) is 23.5. The Hall–Kier alpha value is -0.640. The van der Waals surface area contributed by atoms with Crippen LogP contribution >= 0.6 is 0 Å². The summed E-state index contributed by atoms with van der Waals surface area (Å²) >= 11 is 0. The molecule has 16 heteroatoms. The standard InChI is InChI=1S/C45H74O16/c1-19-9-14-45(54-18-19)20(2)30-28(61-45)16-27-25-8-7-23-15-24(10-12-43(23,5)26(25)11-13-44(27,30)6)57-42-39(60-41-36(52)34(50)32(48)22(4)56-41)37(53)38(29(17-46)58-42)59-40-35(51)33(49)31(47)21(3)55-40/h19-42,46-53H,7-18H2,1-6H3/t19-,20+,21+,22-,23+,24+,25?,26?,27?,28+,29-,30?,31+,32-,33-,34+,35-,36+,37+,38+,39-,40-,41-,42-,43+,44+,45-/m1/s1. The average Bonchev–Trinajstić information content (AvgIpc) is 3.69. The van der Waals surface area contributed by atoms with Gasteiger partial charge in [-0.25, -0.2) is 0 Å². The molecule has 5 heterocycles. The predicted octanol–water partition coefficient (Wildman–Crippen LogP) is 1.32. The lowest BCUT2D eigenvalue weighted by Gasteiger charge is -2.61. The highest BCUT2D eigenvalue weighted by atomic mass is 16.8. The van der Waals surface area contributed by atoms with Crippen LogP contribution in [0.25, 0.3) is 0 Å². The molecule has 4 unspecified atom stereocenters. The van der Waals surface area contributed by atoms with Gasteiger partial charge in [0.1, 0.15) is 61.0 Å². The van der Waals surface area contributed by atoms with Gasteiger partial charge in [0.25, 0.3) is 0 Å². The van der Waals surface area contributed by atoms with Crippen molar-refractivity contribution in [3.8, 4) is 0 Å². The Morgan fingerprint density at radius 3 is 1.85 bits per heavy atom. The molecular weight excluding hydrogens is 796 g/mol. The van der Waals surface area contributed by atoms with Gasteiger partial charge in [0.2, 0.25) is 0 Å². The van der Waals surface area contributed by atoms with Gasteiger partial charge in [-0.05, 0) is 118 Å². The Morgan fingerprint density at radius 1 is 0.590 bits per heavy atom. The normalized spacial score (nSPS) is 59.7. The van der Waals surface area contributed by atoms with Crippen LogP contribution in [0, 0.1) is 52.3 Å². The molecule has 0 aromatic rings. The molecule has 27 atom stereocenters. The van der Waals surface area contributed by atoms with E-state index in [1.54, 1.807) is 0 Å². The summed E-state index contributed by atoms with van der Waals surface area (Å²) in [5.74, 6) is 3.27. The third kappa shape index (κ3) is 7.50. The molecule has 5 saturated heterocycles. The third-order valence-electron chi connectivity index (χ3n) is 18.2. The highest BCUT2D eigenvalue weighted by Gasteiger charge is 2.69. The van der Waals surface area contributed by atoms with Crippen LogP contribution in [0.15, 0.2) is 0 Å². The molecule has 16 nitrogen and oxygen atoms in total. The fourth-order valence-electron chi connectivity index (χ4n) is 14.6. The highest BCUT2D eigenvalue weighted by Crippen LogP contribution is 2.71. The van der Waals surface area contributed by atoms with Gasteiger partial charge in [0, 0.05) is 12.3 Å². The Morgan fingerprint density at radius 2 is 1.23 bits per heavy atom. The smallest absolute Gasteiger partial charge is 0.187 e. The predicted molar refractivity (Wildman–Crippen MR) is 213 cm³/mol. The second kappa shape index (κ2) is 16.9. The van der Waals surface area contributed by atoms with Gasteiger partial charge < -0.3 is 78.7 Å². The first-order chi connectivity index (χ1) is 28.9. The van der Waals surface area contributed by atoms with E-state index < -0.39 is 105 Å². The van der Waals surface area contributed by atoms with E-state index >= 15 is 0 Å². The van der Waals surface area contributed by atoms with Crippen molar-refractivity contribution < 1.29 is 78.7 Å². The number of aliphatic hydroxyl groups is 8. The van der Waals surface area contributed by atoms with Crippen LogP contribution in [-0.2, 0) is 37.9 Å². The minimum atomic E-state index is -1.70. The molecule has 8 N–H and O–H groups in total. The summed E-state index contributed by atoms with van der Waals surface area (Å²) in [4.78, 5) is 0. The molecule has 5 aliphatic heterocycles. The summed E-state index contributed by atoms with van der Waals surface area (Å²) in [6.07, 6.45) is -11.0. The first kappa shape index (κ1) is 45.5. The molecule has 350 valence electrons. The van der Waals surface area contributed by atoms with E-state index in [1.807, 2.05) is 0 Å². The van der Waals surface area contributed by atoms with Gasteiger partial charge in [-0.2, -0.15) is 0 Å². The topological polar surface area (TPSA) is 236 Å². The van der Waals surface area contributed by atoms with Crippen molar-refractivity contribution in [3.63, 3.8) is 0 Å². The molecule has 0 amide bonds. The number of hydrogen-bond acceptors (Lipinski definition) is 16. The molecule has 9 rings (SSSR count). The summed E-state index contributed by atoms with van der Waals surface area (Å²) < 4.78 is 50.3. The zero-order valence-corrected chi connectivity index (χ0v) is 36.7. The number of ether oxygens (including phenoxy) is 8. The SMILES string of the molecule is C[C@@H]1CC[C@@]2(OC1)O[C@H]1CC3C4CC[C@H]5C[C@@H](O[C@@H]6O[C@H](CO)[C@H](O[C@H]7O[C@@H](C)[C@H](O)[C@@H](O)[C@H]7O)[C@H](O)[C@H]6O[C@H]6O[C@H](C)[C@@H](O)[C@H](O)[C@@H]6O)CC[C@]5(C)C4CC[C@]3(C)C1[C@@H]2C. The Kier molecular flexibility index (Phi) is 12.6. The molecule has 4 aliphatic carbocycles. The molecule has 0 bridgehead atoms. The van der Waals surface area contributed by atoms with Gasteiger partial charge in [0.05, 0.1) is 37.6 Å². The highest BCUT2D eigenvalue weighted by molar-refractivity contribution is 5.15. The van der Waals surface area contributed by atoms with E-state index in [4.69, 9.17) is 37.9 Å². The van der Waals surface area contributed by atoms with E-state index in [9.17, 15) is 40.9 Å². The number of fused-ring (bicyclic) bond motifs is 7. The monoisotopic (exact) mass is 870 g/mol. The van der Waals surface area contributed by atoms with Crippen LogP contribution in [0.3, 0.4) is 0 Å². The van der Waals surface area contributed by atoms with Crippen molar-refractivity contribution in [1.29, 1.82) is 0 Å². The molecule has 0 radical (unpaired) electrons. The van der Waals surface area contributed by atoms with Crippen molar-refractivity contribution in [2.45, 2.75) is 216 Å². The lowest BCUT2D eigenvalue weighted by molar-refractivity contribution is -0.389. The summed E-state index contributed by atoms with van der Waals surface area (Å²) in [5.41, 5.74) is 0.350. The average molecular weight is 871 g/mol. The maximum Gasteiger partial charge on any atom is 0.187 e. The molecule has 0 aromatic heterocycles. The lowest BCUT2D eigenvalue weighted by atomic mass is 9.44. The van der Waals surface area contributed by atoms with E-state index in [-0.39, 0.29) is 23.0 Å². The molecule has 0 aromatic carbocycles. The van der Waals surface area contributed by atoms with Gasteiger partial charge in [-0.1, -0.05) is 27.7 Å². The van der Waals surface area contributed by atoms with Crippen molar-refractivity contribution in [2.24, 2.45) is 52.3 Å². The second-order valence-electron chi connectivity index (χ2n) is 21.5. The van der Waals surface area contributed by atoms with Crippen LogP contribution in [-0.4, -0.2) is 164 Å². The summed E-state index contributed by atoms with van der Waals surface area (Å²) in [6, 6.07) is 0. The van der Waals surface area contributed by atoms with Gasteiger partial charge in [0.15, 0.2) is 24.7 Å². The van der Waals surface area contributed by atoms with Crippen LogP contribution in [0.4, 0.5) is 0 Å². The van der Waals surface area contributed by atoms with Crippen LogP contribution < -0.4 is 0 Å². The van der Waals surface area contributed by atoms with Crippen LogP contribution in [0.2, 0.25) is 0 Å². The van der Waals surface area contributed by atoms with Crippen LogP contribution in [0.5, 0.6) is 0 Å². The molecule has 9 fully saturated rings. The summed E-state index contributed by atoms with van der Waals surface area (Å²) in [5, 5.41) is 85.9. The summed E-state index contributed by atoms with van der Waals surface area (Å²) in [6.45, 7) is 12.9. The number of hydrogen-bond donors (Lipinski definition) is 8. The molecule has 1 spiro atoms. The van der Waals surface area contributed by atoms with Gasteiger partial charge >= 0.3 is 0 Å². The third-order valence-corrected chi connectivity index (χ3v) is 18.2. The van der Waals surface area contributed by atoms with Crippen molar-refractivity contribution in [1.82, 2.24) is 0 Å². The maximum absolute atomic E-state index is 12.0. The van der Waals surface area contributed by atoms with Crippen molar-refractivity contribution in [3.05, 3.63) is 0 Å². The maximum atomic E-state index is 12.0. The van der Waals surface area contributed by atoms with Crippen molar-refractivity contribution >= 4 is 0 Å². The second-order valence-corrected chi connectivity index (χ2v) is 21.5. The first-order valence-corrected chi connectivity index (χ1v) is 23.5. The van der Waals surface area contributed by atoms with E-state index in [0.29, 0.717) is 41.4 Å². The Bertz CT molecular complexity index is 1530. The fourth-order valence-corrected chi connectivity index (χ4v) is 14.6.